The summed E-state index contributed by atoms with van der Waals surface area (Å²) in [4.78, 5) is 16.1. The lowest BCUT2D eigenvalue weighted by Gasteiger charge is -2.34. The van der Waals surface area contributed by atoms with Gasteiger partial charge < -0.3 is 19.5 Å². The molecule has 28 heavy (non-hydrogen) atoms. The van der Waals surface area contributed by atoms with Gasteiger partial charge in [0.15, 0.2) is 0 Å². The minimum atomic E-state index is -0.492. The molecular formula is C22H34N2O4. The zero-order valence-corrected chi connectivity index (χ0v) is 17.4. The van der Waals surface area contributed by atoms with Crippen LogP contribution in [0.3, 0.4) is 0 Å². The predicted octanol–water partition coefficient (Wildman–Crippen LogP) is 2.82. The number of likely N-dealkylation sites (tertiary alicyclic amines) is 1. The quantitative estimate of drug-likeness (QED) is 0.838. The number of piperidine rings is 1. The topological polar surface area (TPSA) is 62.2 Å². The Morgan fingerprint density at radius 3 is 2.54 bits per heavy atom. The van der Waals surface area contributed by atoms with Crippen LogP contribution in [-0.2, 0) is 22.4 Å². The average Bonchev–Trinajstić information content (AvgIpc) is 2.65. The molecule has 1 unspecified atom stereocenters. The minimum Gasteiger partial charge on any atom is -0.444 e. The summed E-state index contributed by atoms with van der Waals surface area (Å²) in [5.41, 5.74) is 2.31. The molecule has 2 heterocycles. The van der Waals surface area contributed by atoms with Crippen molar-refractivity contribution in [3.05, 3.63) is 35.4 Å². The van der Waals surface area contributed by atoms with E-state index in [1.165, 1.54) is 11.1 Å². The molecule has 0 spiro atoms. The van der Waals surface area contributed by atoms with Gasteiger partial charge in [-0.05, 0) is 51.2 Å². The Bertz CT molecular complexity index is 650. The second-order valence-electron chi connectivity index (χ2n) is 8.91. The molecule has 2 aliphatic rings. The number of amides is 1. The predicted molar refractivity (Wildman–Crippen MR) is 108 cm³/mol. The fraction of sp³-hybridized carbons (Fsp3) is 0.682. The van der Waals surface area contributed by atoms with Crippen LogP contribution in [-0.4, -0.2) is 71.6 Å². The maximum Gasteiger partial charge on any atom is 0.410 e. The molecule has 6 heteroatoms. The first-order chi connectivity index (χ1) is 13.3. The zero-order chi connectivity index (χ0) is 20.1. The summed E-state index contributed by atoms with van der Waals surface area (Å²) < 4.78 is 11.4. The summed E-state index contributed by atoms with van der Waals surface area (Å²) >= 11 is 0. The van der Waals surface area contributed by atoms with E-state index >= 15 is 0 Å². The third kappa shape index (κ3) is 6.19. The zero-order valence-electron chi connectivity index (χ0n) is 17.4. The van der Waals surface area contributed by atoms with Crippen LogP contribution in [0, 0.1) is 0 Å². The van der Waals surface area contributed by atoms with Crippen molar-refractivity contribution in [2.45, 2.75) is 64.4 Å². The van der Waals surface area contributed by atoms with E-state index in [9.17, 15) is 9.90 Å². The van der Waals surface area contributed by atoms with E-state index in [-0.39, 0.29) is 12.2 Å². The maximum atomic E-state index is 12.1. The van der Waals surface area contributed by atoms with Crippen LogP contribution < -0.4 is 0 Å². The second-order valence-corrected chi connectivity index (χ2v) is 8.91. The smallest absolute Gasteiger partial charge is 0.410 e. The Kier molecular flexibility index (Phi) is 6.96. The third-order valence-corrected chi connectivity index (χ3v) is 5.30. The highest BCUT2D eigenvalue weighted by Gasteiger charge is 2.27. The summed E-state index contributed by atoms with van der Waals surface area (Å²) in [6.07, 6.45) is 1.94. The van der Waals surface area contributed by atoms with Crippen LogP contribution in [0.15, 0.2) is 24.3 Å². The first-order valence-electron chi connectivity index (χ1n) is 10.4. The van der Waals surface area contributed by atoms with Crippen molar-refractivity contribution in [3.8, 4) is 0 Å². The molecule has 3 rings (SSSR count). The molecule has 1 aromatic carbocycles. The minimum absolute atomic E-state index is 0.0930. The number of ether oxygens (including phenoxy) is 2. The van der Waals surface area contributed by atoms with E-state index in [1.54, 1.807) is 4.90 Å². The Morgan fingerprint density at radius 2 is 1.86 bits per heavy atom. The van der Waals surface area contributed by atoms with Crippen molar-refractivity contribution in [2.24, 2.45) is 0 Å². The van der Waals surface area contributed by atoms with Gasteiger partial charge in [0.05, 0.1) is 18.8 Å². The lowest BCUT2D eigenvalue weighted by molar-refractivity contribution is -0.0468. The van der Waals surface area contributed by atoms with Crippen LogP contribution in [0.25, 0.3) is 0 Å². The fourth-order valence-electron chi connectivity index (χ4n) is 3.84. The van der Waals surface area contributed by atoms with Crippen LogP contribution in [0.1, 0.15) is 44.7 Å². The number of carbonyl (C=O) groups is 1. The SMILES string of the molecule is CC(C)(C)OC(=O)N1CCC(OCC(O)CN2CCc3ccccc3C2)CC1. The van der Waals surface area contributed by atoms with Crippen LogP contribution in [0.4, 0.5) is 4.79 Å². The van der Waals surface area contributed by atoms with Gasteiger partial charge in [-0.15, -0.1) is 0 Å². The number of nitrogens with zero attached hydrogens (tertiary/aromatic N) is 2. The number of carbonyl (C=O) groups excluding carboxylic acids is 1. The number of β-amino-alcohol motifs (C(OH)–C–C–N with tert-alkyl or cyclic N) is 1. The van der Waals surface area contributed by atoms with Crippen LogP contribution >= 0.6 is 0 Å². The average molecular weight is 391 g/mol. The van der Waals surface area contributed by atoms with Gasteiger partial charge in [0.25, 0.3) is 0 Å². The molecule has 0 saturated carbocycles. The monoisotopic (exact) mass is 390 g/mol. The number of aliphatic hydroxyl groups excluding tert-OH is 1. The van der Waals surface area contributed by atoms with Crippen LogP contribution in [0.2, 0.25) is 0 Å². The van der Waals surface area contributed by atoms with Gasteiger partial charge in [0.2, 0.25) is 0 Å². The first kappa shape index (κ1) is 21.1. The molecule has 1 atom stereocenters. The van der Waals surface area contributed by atoms with Crippen molar-refractivity contribution >= 4 is 6.09 Å². The maximum absolute atomic E-state index is 12.1. The second kappa shape index (κ2) is 9.25. The van der Waals surface area contributed by atoms with E-state index in [1.807, 2.05) is 20.8 Å². The van der Waals surface area contributed by atoms with Crippen molar-refractivity contribution in [1.29, 1.82) is 0 Å². The Labute approximate surface area is 168 Å². The summed E-state index contributed by atoms with van der Waals surface area (Å²) in [5.74, 6) is 0. The number of hydrogen-bond acceptors (Lipinski definition) is 5. The highest BCUT2D eigenvalue weighted by atomic mass is 16.6. The van der Waals surface area contributed by atoms with E-state index < -0.39 is 11.7 Å². The summed E-state index contributed by atoms with van der Waals surface area (Å²) in [5, 5.41) is 10.4. The highest BCUT2D eigenvalue weighted by Crippen LogP contribution is 2.20. The lowest BCUT2D eigenvalue weighted by Crippen LogP contribution is -2.44. The van der Waals surface area contributed by atoms with Gasteiger partial charge in [-0.2, -0.15) is 0 Å². The number of fused-ring (bicyclic) bond motifs is 1. The Morgan fingerprint density at radius 1 is 1.18 bits per heavy atom. The number of hydrogen-bond donors (Lipinski definition) is 1. The fourth-order valence-corrected chi connectivity index (χ4v) is 3.84. The Hall–Kier alpha value is -1.63. The molecular weight excluding hydrogens is 356 g/mol. The van der Waals surface area contributed by atoms with Gasteiger partial charge in [0, 0.05) is 32.7 Å². The molecule has 0 bridgehead atoms. The van der Waals surface area contributed by atoms with Gasteiger partial charge in [-0.1, -0.05) is 24.3 Å². The van der Waals surface area contributed by atoms with Gasteiger partial charge in [0.1, 0.15) is 5.60 Å². The molecule has 1 aromatic rings. The molecule has 0 aliphatic carbocycles. The van der Waals surface area contributed by atoms with Crippen LogP contribution in [0.5, 0.6) is 0 Å². The van der Waals surface area contributed by atoms with Crippen molar-refractivity contribution < 1.29 is 19.4 Å². The molecule has 1 fully saturated rings. The normalized spacial score (nSPS) is 19.9. The first-order valence-corrected chi connectivity index (χ1v) is 10.4. The van der Waals surface area contributed by atoms with Crippen molar-refractivity contribution in [3.63, 3.8) is 0 Å². The van der Waals surface area contributed by atoms with Gasteiger partial charge >= 0.3 is 6.09 Å². The lowest BCUT2D eigenvalue weighted by atomic mass is 10.00. The van der Waals surface area contributed by atoms with E-state index in [4.69, 9.17) is 9.47 Å². The summed E-state index contributed by atoms with van der Waals surface area (Å²) in [6, 6.07) is 8.52. The highest BCUT2D eigenvalue weighted by molar-refractivity contribution is 5.68. The Balaban J connectivity index is 1.35. The van der Waals surface area contributed by atoms with E-state index in [0.29, 0.717) is 26.2 Å². The molecule has 1 N–H and O–H groups in total. The summed E-state index contributed by atoms with van der Waals surface area (Å²) in [6.45, 7) is 9.75. The molecule has 2 aliphatic heterocycles. The largest absolute Gasteiger partial charge is 0.444 e. The molecule has 0 aromatic heterocycles. The number of aliphatic hydroxyl groups is 1. The molecule has 0 radical (unpaired) electrons. The van der Waals surface area contributed by atoms with Crippen molar-refractivity contribution in [2.75, 3.05) is 32.8 Å². The van der Waals surface area contributed by atoms with E-state index in [0.717, 1.165) is 32.4 Å². The molecule has 1 amide bonds. The van der Waals surface area contributed by atoms with Gasteiger partial charge in [-0.25, -0.2) is 4.79 Å². The number of rotatable bonds is 5. The standard InChI is InChI=1S/C22H34N2O4/c1-22(2,3)28-21(26)24-12-9-20(10-13-24)27-16-19(25)15-23-11-8-17-6-4-5-7-18(17)14-23/h4-7,19-20,25H,8-16H2,1-3H3. The molecule has 6 nitrogen and oxygen atoms in total. The third-order valence-electron chi connectivity index (χ3n) is 5.30. The van der Waals surface area contributed by atoms with Gasteiger partial charge in [-0.3, -0.25) is 4.90 Å². The molecule has 156 valence electrons. The summed E-state index contributed by atoms with van der Waals surface area (Å²) in [7, 11) is 0. The number of benzene rings is 1. The van der Waals surface area contributed by atoms with E-state index in [2.05, 4.69) is 29.2 Å². The van der Waals surface area contributed by atoms with Crippen molar-refractivity contribution in [1.82, 2.24) is 9.80 Å². The molecule has 1 saturated heterocycles.